The fourth-order valence-corrected chi connectivity index (χ4v) is 4.99. The quantitative estimate of drug-likeness (QED) is 0.869. The molecule has 0 aromatic heterocycles. The molecule has 118 valence electrons. The van der Waals surface area contributed by atoms with Gasteiger partial charge < -0.3 is 10.2 Å². The zero-order chi connectivity index (χ0) is 15.0. The lowest BCUT2D eigenvalue weighted by molar-refractivity contribution is -0.141. The van der Waals surface area contributed by atoms with Crippen molar-refractivity contribution >= 4 is 23.6 Å². The highest BCUT2D eigenvalue weighted by Gasteiger charge is 2.52. The molecule has 5 heteroatoms. The second-order valence-electron chi connectivity index (χ2n) is 6.90. The number of nitrogens with zero attached hydrogens (tertiary/aromatic N) is 1. The number of rotatable bonds is 3. The molecule has 0 aromatic carbocycles. The first-order valence-electron chi connectivity index (χ1n) is 8.21. The van der Waals surface area contributed by atoms with E-state index in [-0.39, 0.29) is 11.8 Å². The molecule has 3 fully saturated rings. The molecule has 3 atom stereocenters. The van der Waals surface area contributed by atoms with Gasteiger partial charge in [0.25, 0.3) is 0 Å². The Balaban J connectivity index is 1.85. The van der Waals surface area contributed by atoms with Crippen LogP contribution < -0.4 is 5.32 Å². The predicted octanol–water partition coefficient (Wildman–Crippen LogP) is 2.18. The zero-order valence-corrected chi connectivity index (χ0v) is 13.9. The van der Waals surface area contributed by atoms with Crippen molar-refractivity contribution in [1.82, 2.24) is 10.2 Å². The van der Waals surface area contributed by atoms with Gasteiger partial charge in [-0.2, -0.15) is 11.8 Å². The topological polar surface area (TPSA) is 49.4 Å². The fourth-order valence-electron chi connectivity index (χ4n) is 3.99. The van der Waals surface area contributed by atoms with Crippen LogP contribution in [-0.4, -0.2) is 46.3 Å². The number of thioether (sulfide) groups is 1. The molecule has 21 heavy (non-hydrogen) atoms. The summed E-state index contributed by atoms with van der Waals surface area (Å²) < 4.78 is 0. The zero-order valence-electron chi connectivity index (χ0n) is 13.1. The van der Waals surface area contributed by atoms with Crippen LogP contribution in [0.4, 0.5) is 0 Å². The van der Waals surface area contributed by atoms with Crippen molar-refractivity contribution in [3.8, 4) is 0 Å². The SMILES string of the molecule is CSC1CCCCC1N1CCC(=O)NC(C)(C2CC2)C1=O. The van der Waals surface area contributed by atoms with Crippen LogP contribution in [-0.2, 0) is 9.59 Å². The summed E-state index contributed by atoms with van der Waals surface area (Å²) in [5, 5.41) is 3.56. The van der Waals surface area contributed by atoms with Gasteiger partial charge in [-0.1, -0.05) is 12.8 Å². The van der Waals surface area contributed by atoms with Gasteiger partial charge in [0.1, 0.15) is 5.54 Å². The van der Waals surface area contributed by atoms with Crippen LogP contribution in [0.2, 0.25) is 0 Å². The van der Waals surface area contributed by atoms with Gasteiger partial charge in [-0.15, -0.1) is 0 Å². The Kier molecular flexibility index (Phi) is 4.21. The lowest BCUT2D eigenvalue weighted by Gasteiger charge is -2.42. The molecule has 3 unspecified atom stereocenters. The molecule has 1 heterocycles. The highest BCUT2D eigenvalue weighted by molar-refractivity contribution is 7.99. The van der Waals surface area contributed by atoms with Crippen LogP contribution in [0.5, 0.6) is 0 Å². The lowest BCUT2D eigenvalue weighted by Crippen LogP contribution is -2.60. The van der Waals surface area contributed by atoms with Crippen LogP contribution in [0.15, 0.2) is 0 Å². The molecular weight excluding hydrogens is 284 g/mol. The van der Waals surface area contributed by atoms with Gasteiger partial charge in [0.05, 0.1) is 0 Å². The summed E-state index contributed by atoms with van der Waals surface area (Å²) in [5.74, 6) is 0.546. The van der Waals surface area contributed by atoms with Crippen LogP contribution in [0.3, 0.4) is 0 Å². The van der Waals surface area contributed by atoms with Gasteiger partial charge in [-0.05, 0) is 44.8 Å². The average molecular weight is 310 g/mol. The van der Waals surface area contributed by atoms with Crippen molar-refractivity contribution in [2.75, 3.05) is 12.8 Å². The van der Waals surface area contributed by atoms with Gasteiger partial charge in [0.2, 0.25) is 11.8 Å². The molecule has 1 aliphatic heterocycles. The Labute approximate surface area is 131 Å². The molecule has 1 N–H and O–H groups in total. The minimum Gasteiger partial charge on any atom is -0.342 e. The number of hydrogen-bond acceptors (Lipinski definition) is 3. The van der Waals surface area contributed by atoms with E-state index in [1.54, 1.807) is 0 Å². The van der Waals surface area contributed by atoms with E-state index in [0.717, 1.165) is 19.3 Å². The lowest BCUT2D eigenvalue weighted by atomic mass is 9.89. The number of amides is 2. The maximum Gasteiger partial charge on any atom is 0.248 e. The smallest absolute Gasteiger partial charge is 0.248 e. The standard InChI is InChI=1S/C16H26N2O2S/c1-16(11-7-8-11)15(20)18(10-9-14(19)17-16)12-5-3-4-6-13(12)21-2/h11-13H,3-10H2,1-2H3,(H,17,19). The molecule has 0 aromatic rings. The van der Waals surface area contributed by atoms with Crippen molar-refractivity contribution < 1.29 is 9.59 Å². The third kappa shape index (κ3) is 2.81. The van der Waals surface area contributed by atoms with Crippen LogP contribution in [0.25, 0.3) is 0 Å². The van der Waals surface area contributed by atoms with Crippen LogP contribution >= 0.6 is 11.8 Å². The van der Waals surface area contributed by atoms with Crippen LogP contribution in [0.1, 0.15) is 51.9 Å². The third-order valence-electron chi connectivity index (χ3n) is 5.45. The molecular formula is C16H26N2O2S. The maximum absolute atomic E-state index is 13.2. The number of carbonyl (C=O) groups is 2. The highest BCUT2D eigenvalue weighted by atomic mass is 32.2. The summed E-state index contributed by atoms with van der Waals surface area (Å²) in [6, 6.07) is 0.312. The molecule has 2 amide bonds. The van der Waals surface area contributed by atoms with Gasteiger partial charge in [-0.3, -0.25) is 9.59 Å². The minimum absolute atomic E-state index is 0.0387. The molecule has 2 aliphatic carbocycles. The summed E-state index contributed by atoms with van der Waals surface area (Å²) in [6.07, 6.45) is 9.47. The maximum atomic E-state index is 13.2. The molecule has 0 radical (unpaired) electrons. The van der Waals surface area contributed by atoms with Crippen molar-refractivity contribution in [2.24, 2.45) is 5.92 Å². The Morgan fingerprint density at radius 1 is 1.19 bits per heavy atom. The average Bonchev–Trinajstić information content (AvgIpc) is 3.32. The Morgan fingerprint density at radius 3 is 2.57 bits per heavy atom. The number of hydrogen-bond donors (Lipinski definition) is 1. The van der Waals surface area contributed by atoms with Gasteiger partial charge in [-0.25, -0.2) is 0 Å². The van der Waals surface area contributed by atoms with Gasteiger partial charge in [0.15, 0.2) is 0 Å². The van der Waals surface area contributed by atoms with E-state index in [9.17, 15) is 9.59 Å². The van der Waals surface area contributed by atoms with Crippen molar-refractivity contribution in [3.05, 3.63) is 0 Å². The monoisotopic (exact) mass is 310 g/mol. The molecule has 3 aliphatic rings. The first-order chi connectivity index (χ1) is 10.1. The predicted molar refractivity (Wildman–Crippen MR) is 85.2 cm³/mol. The number of nitrogens with one attached hydrogen (secondary N) is 1. The Hall–Kier alpha value is -0.710. The van der Waals surface area contributed by atoms with E-state index < -0.39 is 5.54 Å². The third-order valence-corrected chi connectivity index (χ3v) is 6.60. The normalized spacial score (nSPS) is 38.1. The molecule has 3 rings (SSSR count). The van der Waals surface area contributed by atoms with Crippen molar-refractivity contribution in [1.29, 1.82) is 0 Å². The molecule has 4 nitrogen and oxygen atoms in total. The van der Waals surface area contributed by atoms with E-state index >= 15 is 0 Å². The Morgan fingerprint density at radius 2 is 1.90 bits per heavy atom. The van der Waals surface area contributed by atoms with E-state index in [2.05, 4.69) is 16.5 Å². The van der Waals surface area contributed by atoms with Crippen LogP contribution in [0, 0.1) is 5.92 Å². The highest BCUT2D eigenvalue weighted by Crippen LogP contribution is 2.42. The minimum atomic E-state index is -0.659. The Bertz CT molecular complexity index is 438. The fraction of sp³-hybridized carbons (Fsp3) is 0.875. The van der Waals surface area contributed by atoms with E-state index in [1.807, 2.05) is 18.7 Å². The summed E-state index contributed by atoms with van der Waals surface area (Å²) in [5.41, 5.74) is -0.659. The first kappa shape index (κ1) is 15.2. The van der Waals surface area contributed by atoms with E-state index in [0.29, 0.717) is 30.2 Å². The molecule has 2 saturated carbocycles. The van der Waals surface area contributed by atoms with Crippen molar-refractivity contribution in [3.63, 3.8) is 0 Å². The number of carbonyl (C=O) groups excluding carboxylic acids is 2. The summed E-state index contributed by atoms with van der Waals surface area (Å²) in [7, 11) is 0. The van der Waals surface area contributed by atoms with Crippen molar-refractivity contribution in [2.45, 2.75) is 68.7 Å². The molecule has 0 bridgehead atoms. The second kappa shape index (κ2) is 5.82. The van der Waals surface area contributed by atoms with E-state index in [4.69, 9.17) is 0 Å². The summed E-state index contributed by atoms with van der Waals surface area (Å²) >= 11 is 1.88. The second-order valence-corrected chi connectivity index (χ2v) is 7.98. The first-order valence-corrected chi connectivity index (χ1v) is 9.50. The van der Waals surface area contributed by atoms with Gasteiger partial charge >= 0.3 is 0 Å². The largest absolute Gasteiger partial charge is 0.342 e. The summed E-state index contributed by atoms with van der Waals surface area (Å²) in [4.78, 5) is 27.3. The molecule has 0 spiro atoms. The van der Waals surface area contributed by atoms with Gasteiger partial charge in [0, 0.05) is 24.3 Å². The molecule has 1 saturated heterocycles. The van der Waals surface area contributed by atoms with E-state index in [1.165, 1.54) is 19.3 Å². The summed E-state index contributed by atoms with van der Waals surface area (Å²) in [6.45, 7) is 2.54.